The highest BCUT2D eigenvalue weighted by atomic mass is 32.2. The van der Waals surface area contributed by atoms with Crippen molar-refractivity contribution in [3.63, 3.8) is 0 Å². The van der Waals surface area contributed by atoms with Gasteiger partial charge in [0.15, 0.2) is 0 Å². The quantitative estimate of drug-likeness (QED) is 0.875. The molecule has 1 aromatic carbocycles. The zero-order chi connectivity index (χ0) is 12.3. The topological polar surface area (TPSA) is 49.4 Å². The Labute approximate surface area is 97.3 Å². The van der Waals surface area contributed by atoms with E-state index in [4.69, 9.17) is 0 Å². The highest BCUT2D eigenvalue weighted by Gasteiger charge is 2.22. The molecule has 0 saturated heterocycles. The van der Waals surface area contributed by atoms with E-state index in [-0.39, 0.29) is 6.04 Å². The van der Waals surface area contributed by atoms with Crippen molar-refractivity contribution in [3.8, 4) is 0 Å². The second-order valence-corrected chi connectivity index (χ2v) is 5.89. The molecule has 1 rings (SSSR count). The van der Waals surface area contributed by atoms with Crippen molar-refractivity contribution in [2.45, 2.75) is 24.8 Å². The largest absolute Gasteiger partial charge is 0.388 e. The van der Waals surface area contributed by atoms with Crippen LogP contribution < -0.4 is 5.32 Å². The van der Waals surface area contributed by atoms with Gasteiger partial charge >= 0.3 is 0 Å². The molecule has 0 heterocycles. The van der Waals surface area contributed by atoms with Crippen LogP contribution in [0.2, 0.25) is 0 Å². The Balaban J connectivity index is 3.08. The summed E-state index contributed by atoms with van der Waals surface area (Å²) in [5.41, 5.74) is 0.895. The molecule has 0 aliphatic rings. The van der Waals surface area contributed by atoms with Crippen LogP contribution in [0.5, 0.6) is 0 Å². The van der Waals surface area contributed by atoms with Crippen LogP contribution in [0.4, 0.5) is 5.69 Å². The predicted octanol–water partition coefficient (Wildman–Crippen LogP) is 1.76. The maximum atomic E-state index is 12.1. The van der Waals surface area contributed by atoms with E-state index in [2.05, 4.69) is 5.32 Å². The smallest absolute Gasteiger partial charge is 0.243 e. The molecule has 0 bridgehead atoms. The molecule has 4 nitrogen and oxygen atoms in total. The Morgan fingerprint density at radius 2 is 1.69 bits per heavy atom. The average molecular weight is 242 g/mol. The van der Waals surface area contributed by atoms with E-state index in [1.54, 1.807) is 38.4 Å². The second kappa shape index (κ2) is 4.84. The third-order valence-corrected chi connectivity index (χ3v) is 4.59. The highest BCUT2D eigenvalue weighted by molar-refractivity contribution is 7.89. The zero-order valence-electron chi connectivity index (χ0n) is 10.1. The first-order valence-electron chi connectivity index (χ1n) is 5.15. The number of hydrogen-bond donors (Lipinski definition) is 1. The summed E-state index contributed by atoms with van der Waals surface area (Å²) in [6.07, 6.45) is 0. The summed E-state index contributed by atoms with van der Waals surface area (Å²) in [6, 6.07) is 6.68. The highest BCUT2D eigenvalue weighted by Crippen LogP contribution is 2.18. The molecule has 0 aromatic heterocycles. The third kappa shape index (κ3) is 2.54. The Morgan fingerprint density at radius 3 is 2.06 bits per heavy atom. The fourth-order valence-corrected chi connectivity index (χ4v) is 2.61. The minimum Gasteiger partial charge on any atom is -0.388 e. The number of benzene rings is 1. The monoisotopic (exact) mass is 242 g/mol. The first kappa shape index (κ1) is 13.0. The molecule has 0 unspecified atom stereocenters. The van der Waals surface area contributed by atoms with E-state index >= 15 is 0 Å². The number of nitrogens with zero attached hydrogens (tertiary/aromatic N) is 1. The van der Waals surface area contributed by atoms with Crippen LogP contribution in [0.3, 0.4) is 0 Å². The van der Waals surface area contributed by atoms with Crippen LogP contribution >= 0.6 is 0 Å². The lowest BCUT2D eigenvalue weighted by atomic mass is 10.3. The summed E-state index contributed by atoms with van der Waals surface area (Å²) >= 11 is 0. The maximum absolute atomic E-state index is 12.1. The summed E-state index contributed by atoms with van der Waals surface area (Å²) in [4.78, 5) is 0.322. The van der Waals surface area contributed by atoms with Gasteiger partial charge in [-0.05, 0) is 38.1 Å². The van der Waals surface area contributed by atoms with Crippen molar-refractivity contribution >= 4 is 15.7 Å². The second-order valence-electron chi connectivity index (χ2n) is 3.89. The molecule has 0 fully saturated rings. The van der Waals surface area contributed by atoms with Gasteiger partial charge in [0.2, 0.25) is 10.0 Å². The molecule has 5 heteroatoms. The van der Waals surface area contributed by atoms with Gasteiger partial charge in [0.05, 0.1) is 4.90 Å². The van der Waals surface area contributed by atoms with E-state index in [0.717, 1.165) is 5.69 Å². The van der Waals surface area contributed by atoms with E-state index in [1.165, 1.54) is 4.31 Å². The molecule has 0 atom stereocenters. The fourth-order valence-electron chi connectivity index (χ4n) is 1.24. The SMILES string of the molecule is CNc1ccc(S(=O)(=O)N(C)C(C)C)cc1. The molecule has 90 valence electrons. The van der Waals surface area contributed by atoms with E-state index < -0.39 is 10.0 Å². The van der Waals surface area contributed by atoms with Gasteiger partial charge < -0.3 is 5.32 Å². The van der Waals surface area contributed by atoms with Crippen LogP contribution in [0.25, 0.3) is 0 Å². The van der Waals surface area contributed by atoms with Crippen molar-refractivity contribution in [2.24, 2.45) is 0 Å². The Kier molecular flexibility index (Phi) is 3.93. The van der Waals surface area contributed by atoms with Gasteiger partial charge in [-0.2, -0.15) is 4.31 Å². The van der Waals surface area contributed by atoms with Gasteiger partial charge in [-0.15, -0.1) is 0 Å². The zero-order valence-corrected chi connectivity index (χ0v) is 10.9. The predicted molar refractivity (Wildman–Crippen MR) is 66.1 cm³/mol. The summed E-state index contributed by atoms with van der Waals surface area (Å²) in [7, 11) is 0.0270. The number of sulfonamides is 1. The number of rotatable bonds is 4. The minimum atomic E-state index is -3.36. The van der Waals surface area contributed by atoms with E-state index in [9.17, 15) is 8.42 Å². The lowest BCUT2D eigenvalue weighted by molar-refractivity contribution is 0.410. The third-order valence-electron chi connectivity index (χ3n) is 2.55. The Morgan fingerprint density at radius 1 is 1.19 bits per heavy atom. The van der Waals surface area contributed by atoms with Gasteiger partial charge in [-0.1, -0.05) is 0 Å². The molecular formula is C11H18N2O2S. The Bertz CT molecular complexity index is 438. The summed E-state index contributed by atoms with van der Waals surface area (Å²) < 4.78 is 25.5. The molecule has 0 radical (unpaired) electrons. The molecular weight excluding hydrogens is 224 g/mol. The van der Waals surface area contributed by atoms with Gasteiger partial charge in [0.25, 0.3) is 0 Å². The Hall–Kier alpha value is -1.07. The van der Waals surface area contributed by atoms with Crippen LogP contribution in [-0.4, -0.2) is 32.9 Å². The minimum absolute atomic E-state index is 0.0472. The van der Waals surface area contributed by atoms with Crippen molar-refractivity contribution in [1.82, 2.24) is 4.31 Å². The molecule has 0 amide bonds. The van der Waals surface area contributed by atoms with Crippen LogP contribution in [0.15, 0.2) is 29.2 Å². The lowest BCUT2D eigenvalue weighted by Gasteiger charge is -2.21. The van der Waals surface area contributed by atoms with Crippen molar-refractivity contribution in [3.05, 3.63) is 24.3 Å². The van der Waals surface area contributed by atoms with Crippen LogP contribution in [-0.2, 0) is 10.0 Å². The molecule has 1 aromatic rings. The number of nitrogens with one attached hydrogen (secondary N) is 1. The summed E-state index contributed by atoms with van der Waals surface area (Å²) in [5.74, 6) is 0. The molecule has 0 saturated carbocycles. The van der Waals surface area contributed by atoms with Gasteiger partial charge in [0.1, 0.15) is 0 Å². The van der Waals surface area contributed by atoms with E-state index in [0.29, 0.717) is 4.90 Å². The van der Waals surface area contributed by atoms with Crippen LogP contribution in [0.1, 0.15) is 13.8 Å². The lowest BCUT2D eigenvalue weighted by Crippen LogP contribution is -2.32. The maximum Gasteiger partial charge on any atom is 0.243 e. The van der Waals surface area contributed by atoms with Gasteiger partial charge in [0, 0.05) is 25.8 Å². The number of hydrogen-bond acceptors (Lipinski definition) is 3. The standard InChI is InChI=1S/C11H18N2O2S/c1-9(2)13(4)16(14,15)11-7-5-10(12-3)6-8-11/h5-9,12H,1-4H3. The van der Waals surface area contributed by atoms with Gasteiger partial charge in [-0.3, -0.25) is 0 Å². The van der Waals surface area contributed by atoms with Crippen molar-refractivity contribution in [2.75, 3.05) is 19.4 Å². The average Bonchev–Trinajstić information content (AvgIpc) is 2.28. The molecule has 0 aliphatic carbocycles. The molecule has 0 spiro atoms. The molecule has 0 aliphatic heterocycles. The summed E-state index contributed by atoms with van der Waals surface area (Å²) in [6.45, 7) is 3.69. The molecule has 16 heavy (non-hydrogen) atoms. The van der Waals surface area contributed by atoms with Crippen LogP contribution in [0, 0.1) is 0 Å². The molecule has 1 N–H and O–H groups in total. The fraction of sp³-hybridized carbons (Fsp3) is 0.455. The van der Waals surface area contributed by atoms with Gasteiger partial charge in [-0.25, -0.2) is 8.42 Å². The normalized spacial score (nSPS) is 12.1. The van der Waals surface area contributed by atoms with Crippen molar-refractivity contribution < 1.29 is 8.42 Å². The first-order valence-corrected chi connectivity index (χ1v) is 6.59. The van der Waals surface area contributed by atoms with Crippen molar-refractivity contribution in [1.29, 1.82) is 0 Å². The summed E-state index contributed by atoms with van der Waals surface area (Å²) in [5, 5.41) is 2.95. The first-order chi connectivity index (χ1) is 7.39. The van der Waals surface area contributed by atoms with E-state index in [1.807, 2.05) is 13.8 Å². The number of anilines is 1.